The summed E-state index contributed by atoms with van der Waals surface area (Å²) >= 11 is 0. The van der Waals surface area contributed by atoms with E-state index in [1.165, 1.54) is 6.42 Å². The van der Waals surface area contributed by atoms with Gasteiger partial charge in [-0.15, -0.1) is 0 Å². The molecule has 6 heteroatoms. The maximum Gasteiger partial charge on any atom is 0.180 e. The van der Waals surface area contributed by atoms with E-state index in [1.807, 2.05) is 23.0 Å². The van der Waals surface area contributed by atoms with E-state index >= 15 is 0 Å². The van der Waals surface area contributed by atoms with Crippen molar-refractivity contribution in [2.75, 3.05) is 36.5 Å². The predicted octanol–water partition coefficient (Wildman–Crippen LogP) is 1.76. The van der Waals surface area contributed by atoms with Crippen molar-refractivity contribution < 1.29 is 5.11 Å². The van der Waals surface area contributed by atoms with Crippen molar-refractivity contribution in [3.63, 3.8) is 0 Å². The maximum absolute atomic E-state index is 9.17. The van der Waals surface area contributed by atoms with Gasteiger partial charge in [0.1, 0.15) is 5.82 Å². The van der Waals surface area contributed by atoms with Crippen molar-refractivity contribution in [2.45, 2.75) is 26.2 Å². The molecule has 1 unspecified atom stereocenters. The molecule has 114 valence electrons. The van der Waals surface area contributed by atoms with Crippen LogP contribution in [0.3, 0.4) is 0 Å². The van der Waals surface area contributed by atoms with E-state index in [2.05, 4.69) is 22.1 Å². The quantitative estimate of drug-likeness (QED) is 0.878. The minimum absolute atomic E-state index is 0.266. The molecule has 0 bridgehead atoms. The standard InChI is InChI=1S/C15H23N5O/c1-2-16-13-11-20-8-6-17-14(20)15(18-13)19-7-3-4-12(10-19)5-9-21/h6,8,11-12,16,21H,2-5,7,9-10H2,1H3. The number of rotatable bonds is 5. The number of imidazole rings is 1. The fourth-order valence-electron chi connectivity index (χ4n) is 3.07. The summed E-state index contributed by atoms with van der Waals surface area (Å²) in [7, 11) is 0. The highest BCUT2D eigenvalue weighted by Crippen LogP contribution is 2.27. The molecule has 1 saturated heterocycles. The lowest BCUT2D eigenvalue weighted by atomic mass is 9.95. The van der Waals surface area contributed by atoms with Gasteiger partial charge in [0.2, 0.25) is 0 Å². The molecule has 2 aromatic rings. The Hall–Kier alpha value is -1.82. The summed E-state index contributed by atoms with van der Waals surface area (Å²) in [5, 5.41) is 12.4. The zero-order valence-electron chi connectivity index (χ0n) is 12.5. The summed E-state index contributed by atoms with van der Waals surface area (Å²) in [6.07, 6.45) is 8.94. The number of piperidine rings is 1. The molecule has 21 heavy (non-hydrogen) atoms. The molecular formula is C15H23N5O. The van der Waals surface area contributed by atoms with Crippen LogP contribution in [-0.4, -0.2) is 45.7 Å². The van der Waals surface area contributed by atoms with Crippen LogP contribution in [-0.2, 0) is 0 Å². The summed E-state index contributed by atoms with van der Waals surface area (Å²) in [4.78, 5) is 11.5. The van der Waals surface area contributed by atoms with E-state index in [0.717, 1.165) is 49.8 Å². The first-order chi connectivity index (χ1) is 10.3. The monoisotopic (exact) mass is 289 g/mol. The Kier molecular flexibility index (Phi) is 4.24. The van der Waals surface area contributed by atoms with Crippen LogP contribution in [0.2, 0.25) is 0 Å². The van der Waals surface area contributed by atoms with Crippen LogP contribution in [0.4, 0.5) is 11.6 Å². The van der Waals surface area contributed by atoms with Gasteiger partial charge in [0.05, 0.1) is 6.20 Å². The second kappa shape index (κ2) is 6.30. The predicted molar refractivity (Wildman–Crippen MR) is 83.8 cm³/mol. The number of anilines is 2. The van der Waals surface area contributed by atoms with Gasteiger partial charge in [-0.05, 0) is 32.1 Å². The van der Waals surface area contributed by atoms with Crippen LogP contribution in [0, 0.1) is 5.92 Å². The number of fused-ring (bicyclic) bond motifs is 1. The molecule has 1 aliphatic rings. The highest BCUT2D eigenvalue weighted by molar-refractivity contribution is 5.67. The van der Waals surface area contributed by atoms with E-state index in [4.69, 9.17) is 10.1 Å². The Morgan fingerprint density at radius 2 is 2.38 bits per heavy atom. The van der Waals surface area contributed by atoms with Crippen molar-refractivity contribution in [1.29, 1.82) is 0 Å². The van der Waals surface area contributed by atoms with E-state index in [9.17, 15) is 0 Å². The first-order valence-electron chi connectivity index (χ1n) is 7.75. The van der Waals surface area contributed by atoms with E-state index < -0.39 is 0 Å². The first kappa shape index (κ1) is 14.1. The number of aliphatic hydroxyl groups excluding tert-OH is 1. The third-order valence-electron chi connectivity index (χ3n) is 4.07. The molecule has 0 saturated carbocycles. The number of hydrogen-bond donors (Lipinski definition) is 2. The molecule has 6 nitrogen and oxygen atoms in total. The van der Waals surface area contributed by atoms with Crippen molar-refractivity contribution in [2.24, 2.45) is 5.92 Å². The number of aromatic nitrogens is 3. The lowest BCUT2D eigenvalue weighted by Crippen LogP contribution is -2.36. The molecule has 0 amide bonds. The minimum Gasteiger partial charge on any atom is -0.396 e. The molecule has 0 aliphatic carbocycles. The maximum atomic E-state index is 9.17. The second-order valence-corrected chi connectivity index (χ2v) is 5.60. The average molecular weight is 289 g/mol. The average Bonchev–Trinajstić information content (AvgIpc) is 2.96. The highest BCUT2D eigenvalue weighted by atomic mass is 16.3. The summed E-state index contributed by atoms with van der Waals surface area (Å²) < 4.78 is 2.02. The molecule has 0 aromatic carbocycles. The SMILES string of the molecule is CCNc1cn2ccnc2c(N2CCCC(CCO)C2)n1. The molecular weight excluding hydrogens is 266 g/mol. The van der Waals surface area contributed by atoms with Crippen molar-refractivity contribution in [1.82, 2.24) is 14.4 Å². The molecule has 1 fully saturated rings. The van der Waals surface area contributed by atoms with Gasteiger partial charge in [0, 0.05) is 38.6 Å². The Labute approximate surface area is 124 Å². The number of hydrogen-bond acceptors (Lipinski definition) is 5. The van der Waals surface area contributed by atoms with Gasteiger partial charge in [0.15, 0.2) is 11.5 Å². The van der Waals surface area contributed by atoms with Crippen LogP contribution in [0.5, 0.6) is 0 Å². The number of nitrogens with one attached hydrogen (secondary N) is 1. The zero-order chi connectivity index (χ0) is 14.7. The van der Waals surface area contributed by atoms with Crippen molar-refractivity contribution in [3.8, 4) is 0 Å². The van der Waals surface area contributed by atoms with Crippen molar-refractivity contribution in [3.05, 3.63) is 18.6 Å². The first-order valence-corrected chi connectivity index (χ1v) is 7.75. The Balaban J connectivity index is 1.92. The normalized spacial score (nSPS) is 19.1. The summed E-state index contributed by atoms with van der Waals surface area (Å²) in [5.74, 6) is 2.37. The molecule has 0 spiro atoms. The van der Waals surface area contributed by atoms with Gasteiger partial charge >= 0.3 is 0 Å². The second-order valence-electron chi connectivity index (χ2n) is 5.60. The van der Waals surface area contributed by atoms with Crippen LogP contribution < -0.4 is 10.2 Å². The van der Waals surface area contributed by atoms with Crippen molar-refractivity contribution >= 4 is 17.3 Å². The number of aliphatic hydroxyl groups is 1. The largest absolute Gasteiger partial charge is 0.396 e. The third kappa shape index (κ3) is 2.95. The van der Waals surface area contributed by atoms with Gasteiger partial charge in [-0.3, -0.25) is 0 Å². The third-order valence-corrected chi connectivity index (χ3v) is 4.07. The lowest BCUT2D eigenvalue weighted by Gasteiger charge is -2.33. The molecule has 2 N–H and O–H groups in total. The summed E-state index contributed by atoms with van der Waals surface area (Å²) in [6, 6.07) is 0. The molecule has 1 aliphatic heterocycles. The molecule has 3 heterocycles. The van der Waals surface area contributed by atoms with E-state index in [0.29, 0.717) is 5.92 Å². The molecule has 3 rings (SSSR count). The minimum atomic E-state index is 0.266. The molecule has 2 aromatic heterocycles. The van der Waals surface area contributed by atoms with E-state index in [1.54, 1.807) is 0 Å². The Morgan fingerprint density at radius 1 is 1.48 bits per heavy atom. The van der Waals surface area contributed by atoms with Gasteiger partial charge in [-0.25, -0.2) is 9.97 Å². The van der Waals surface area contributed by atoms with Crippen LogP contribution >= 0.6 is 0 Å². The zero-order valence-corrected chi connectivity index (χ0v) is 12.5. The summed E-state index contributed by atoms with van der Waals surface area (Å²) in [5.41, 5.74) is 0.904. The molecule has 1 atom stereocenters. The summed E-state index contributed by atoms with van der Waals surface area (Å²) in [6.45, 7) is 5.14. The lowest BCUT2D eigenvalue weighted by molar-refractivity contribution is 0.244. The topological polar surface area (TPSA) is 65.7 Å². The van der Waals surface area contributed by atoms with Crippen LogP contribution in [0.1, 0.15) is 26.2 Å². The van der Waals surface area contributed by atoms with E-state index in [-0.39, 0.29) is 6.61 Å². The fraction of sp³-hybridized carbons (Fsp3) is 0.600. The van der Waals surface area contributed by atoms with Gasteiger partial charge in [-0.1, -0.05) is 0 Å². The Bertz CT molecular complexity index is 595. The molecule has 0 radical (unpaired) electrons. The van der Waals surface area contributed by atoms with Crippen LogP contribution in [0.15, 0.2) is 18.6 Å². The van der Waals surface area contributed by atoms with Gasteiger partial charge < -0.3 is 19.7 Å². The van der Waals surface area contributed by atoms with Gasteiger partial charge in [-0.2, -0.15) is 0 Å². The highest BCUT2D eigenvalue weighted by Gasteiger charge is 2.23. The fourth-order valence-corrected chi connectivity index (χ4v) is 3.07. The van der Waals surface area contributed by atoms with Crippen LogP contribution in [0.25, 0.3) is 5.65 Å². The van der Waals surface area contributed by atoms with Gasteiger partial charge in [0.25, 0.3) is 0 Å². The smallest absolute Gasteiger partial charge is 0.180 e. The Morgan fingerprint density at radius 3 is 3.19 bits per heavy atom. The number of nitrogens with zero attached hydrogens (tertiary/aromatic N) is 4.